The van der Waals surface area contributed by atoms with Crippen LogP contribution < -0.4 is 0 Å². The smallest absolute Gasteiger partial charge is 0.442 e. The van der Waals surface area contributed by atoms with Crippen molar-refractivity contribution in [2.45, 2.75) is 83.8 Å². The van der Waals surface area contributed by atoms with Crippen LogP contribution in [0.3, 0.4) is 0 Å². The normalized spacial score (nSPS) is 23.1. The molecule has 4 nitrogen and oxygen atoms in total. The average molecular weight is 340 g/mol. The second-order valence-electron chi connectivity index (χ2n) is 6.82. The lowest BCUT2D eigenvalue weighted by Crippen LogP contribution is -2.49. The zero-order valence-electron chi connectivity index (χ0n) is 14.3. The van der Waals surface area contributed by atoms with Crippen LogP contribution in [0.1, 0.15) is 66.2 Å². The summed E-state index contributed by atoms with van der Waals surface area (Å²) in [5, 5.41) is 9.37. The van der Waals surface area contributed by atoms with Crippen LogP contribution in [0.4, 0.5) is 13.2 Å². The number of carbonyl (C=O) groups excluding carboxylic acids is 1. The maximum atomic E-state index is 12.7. The first-order valence-corrected chi connectivity index (χ1v) is 8.08. The zero-order chi connectivity index (χ0) is 17.9. The van der Waals surface area contributed by atoms with Crippen molar-refractivity contribution in [1.82, 2.24) is 0 Å². The third-order valence-electron chi connectivity index (χ3n) is 4.94. The lowest BCUT2D eigenvalue weighted by molar-refractivity contribution is -0.361. The van der Waals surface area contributed by atoms with E-state index >= 15 is 0 Å². The SMILES string of the molecule is CCC1(OC(=O)C(C)(CC)COC(C)(O)C(F)(F)F)CCCC1. The molecule has 1 rings (SSSR count). The van der Waals surface area contributed by atoms with Gasteiger partial charge in [0.1, 0.15) is 5.60 Å². The van der Waals surface area contributed by atoms with E-state index in [0.29, 0.717) is 13.3 Å². The topological polar surface area (TPSA) is 55.8 Å². The molecule has 1 aliphatic carbocycles. The molecular weight excluding hydrogens is 313 g/mol. The van der Waals surface area contributed by atoms with Crippen molar-refractivity contribution >= 4 is 5.97 Å². The van der Waals surface area contributed by atoms with Crippen LogP contribution in [0.15, 0.2) is 0 Å². The van der Waals surface area contributed by atoms with Gasteiger partial charge in [0, 0.05) is 0 Å². The lowest BCUT2D eigenvalue weighted by Gasteiger charge is -2.36. The number of hydrogen-bond acceptors (Lipinski definition) is 4. The van der Waals surface area contributed by atoms with Crippen LogP contribution >= 0.6 is 0 Å². The number of aliphatic hydroxyl groups is 1. The van der Waals surface area contributed by atoms with Gasteiger partial charge in [0.2, 0.25) is 0 Å². The molecule has 0 spiro atoms. The van der Waals surface area contributed by atoms with Crippen molar-refractivity contribution in [3.63, 3.8) is 0 Å². The summed E-state index contributed by atoms with van der Waals surface area (Å²) in [6.45, 7) is 5.08. The van der Waals surface area contributed by atoms with Crippen molar-refractivity contribution in [3.05, 3.63) is 0 Å². The second-order valence-corrected chi connectivity index (χ2v) is 6.82. The highest BCUT2D eigenvalue weighted by molar-refractivity contribution is 5.77. The number of ether oxygens (including phenoxy) is 2. The van der Waals surface area contributed by atoms with Crippen molar-refractivity contribution in [3.8, 4) is 0 Å². The summed E-state index contributed by atoms with van der Waals surface area (Å²) in [6, 6.07) is 0. The molecule has 1 N–H and O–H groups in total. The van der Waals surface area contributed by atoms with Gasteiger partial charge in [-0.1, -0.05) is 13.8 Å². The Labute approximate surface area is 135 Å². The number of rotatable bonds is 7. The summed E-state index contributed by atoms with van der Waals surface area (Å²) >= 11 is 0. The van der Waals surface area contributed by atoms with E-state index in [1.54, 1.807) is 6.92 Å². The van der Waals surface area contributed by atoms with E-state index in [9.17, 15) is 23.1 Å². The first-order chi connectivity index (χ1) is 10.4. The molecular formula is C16H27F3O4. The molecule has 0 saturated heterocycles. The first-order valence-electron chi connectivity index (χ1n) is 8.08. The molecule has 0 aromatic heterocycles. The minimum absolute atomic E-state index is 0.250. The minimum Gasteiger partial charge on any atom is -0.459 e. The highest BCUT2D eigenvalue weighted by atomic mass is 19.4. The Morgan fingerprint density at radius 1 is 1.17 bits per heavy atom. The molecule has 0 bridgehead atoms. The van der Waals surface area contributed by atoms with Crippen LogP contribution in [0.5, 0.6) is 0 Å². The van der Waals surface area contributed by atoms with Gasteiger partial charge in [0.15, 0.2) is 0 Å². The summed E-state index contributed by atoms with van der Waals surface area (Å²) in [6.07, 6.45) is -0.500. The van der Waals surface area contributed by atoms with Crippen LogP contribution in [0.25, 0.3) is 0 Å². The number of carbonyl (C=O) groups is 1. The first kappa shape index (κ1) is 20.2. The van der Waals surface area contributed by atoms with Gasteiger partial charge >= 0.3 is 12.1 Å². The van der Waals surface area contributed by atoms with Gasteiger partial charge in [-0.2, -0.15) is 13.2 Å². The largest absolute Gasteiger partial charge is 0.459 e. The molecule has 1 aliphatic rings. The monoisotopic (exact) mass is 340 g/mol. The van der Waals surface area contributed by atoms with Crippen LogP contribution in [0.2, 0.25) is 0 Å². The molecule has 2 atom stereocenters. The van der Waals surface area contributed by atoms with Gasteiger partial charge in [0.05, 0.1) is 12.0 Å². The van der Waals surface area contributed by atoms with E-state index in [2.05, 4.69) is 4.74 Å². The number of halogens is 3. The maximum Gasteiger partial charge on any atom is 0.442 e. The van der Waals surface area contributed by atoms with E-state index in [-0.39, 0.29) is 6.42 Å². The molecule has 2 unspecified atom stereocenters. The van der Waals surface area contributed by atoms with E-state index in [0.717, 1.165) is 25.7 Å². The fourth-order valence-corrected chi connectivity index (χ4v) is 2.55. The second kappa shape index (κ2) is 6.97. The zero-order valence-corrected chi connectivity index (χ0v) is 14.3. The van der Waals surface area contributed by atoms with Crippen LogP contribution in [0, 0.1) is 5.41 Å². The van der Waals surface area contributed by atoms with E-state index < -0.39 is 35.6 Å². The van der Waals surface area contributed by atoms with Gasteiger partial charge in [0.25, 0.3) is 5.79 Å². The molecule has 0 radical (unpaired) electrons. The lowest BCUT2D eigenvalue weighted by atomic mass is 9.87. The molecule has 0 aromatic rings. The van der Waals surface area contributed by atoms with Crippen LogP contribution in [-0.4, -0.2) is 35.2 Å². The fraction of sp³-hybridized carbons (Fsp3) is 0.938. The Morgan fingerprint density at radius 2 is 1.70 bits per heavy atom. The van der Waals surface area contributed by atoms with Gasteiger partial charge in [-0.15, -0.1) is 0 Å². The van der Waals surface area contributed by atoms with E-state index in [4.69, 9.17) is 4.74 Å². The fourth-order valence-electron chi connectivity index (χ4n) is 2.55. The summed E-state index contributed by atoms with van der Waals surface area (Å²) in [5.74, 6) is -3.86. The van der Waals surface area contributed by atoms with Gasteiger partial charge in [-0.05, 0) is 52.4 Å². The summed E-state index contributed by atoms with van der Waals surface area (Å²) in [5.41, 5.74) is -1.75. The van der Waals surface area contributed by atoms with Gasteiger partial charge in [-0.3, -0.25) is 4.79 Å². The molecule has 0 aliphatic heterocycles. The molecule has 1 saturated carbocycles. The Hall–Kier alpha value is -0.820. The Morgan fingerprint density at radius 3 is 2.09 bits per heavy atom. The van der Waals surface area contributed by atoms with E-state index in [1.165, 1.54) is 6.92 Å². The quantitative estimate of drug-likeness (QED) is 0.563. The third kappa shape index (κ3) is 4.59. The predicted octanol–water partition coefficient (Wildman–Crippen LogP) is 3.96. The highest BCUT2D eigenvalue weighted by Crippen LogP contribution is 2.39. The highest BCUT2D eigenvalue weighted by Gasteiger charge is 2.53. The molecule has 0 aromatic carbocycles. The minimum atomic E-state index is -4.93. The summed E-state index contributed by atoms with van der Waals surface area (Å²) in [7, 11) is 0. The molecule has 7 heteroatoms. The maximum absolute atomic E-state index is 12.7. The van der Waals surface area contributed by atoms with Crippen molar-refractivity contribution in [2.24, 2.45) is 5.41 Å². The third-order valence-corrected chi connectivity index (χ3v) is 4.94. The van der Waals surface area contributed by atoms with Crippen molar-refractivity contribution in [2.75, 3.05) is 6.61 Å². The number of alkyl halides is 3. The summed E-state index contributed by atoms with van der Waals surface area (Å²) in [4.78, 5) is 12.5. The molecule has 136 valence electrons. The molecule has 1 fully saturated rings. The Balaban J connectivity index is 2.78. The molecule has 0 amide bonds. The molecule has 23 heavy (non-hydrogen) atoms. The van der Waals surface area contributed by atoms with Crippen molar-refractivity contribution in [1.29, 1.82) is 0 Å². The Kier molecular flexibility index (Phi) is 6.13. The number of esters is 1. The summed E-state index contributed by atoms with van der Waals surface area (Å²) < 4.78 is 48.3. The van der Waals surface area contributed by atoms with Crippen LogP contribution in [-0.2, 0) is 14.3 Å². The van der Waals surface area contributed by atoms with E-state index in [1.807, 2.05) is 6.92 Å². The van der Waals surface area contributed by atoms with Crippen molar-refractivity contribution < 1.29 is 32.5 Å². The molecule has 0 heterocycles. The predicted molar refractivity (Wildman–Crippen MR) is 78.6 cm³/mol. The number of hydrogen-bond donors (Lipinski definition) is 1. The standard InChI is InChI=1S/C16H27F3O4/c1-5-13(3,11-22-14(4,21)16(17,18)19)12(20)23-15(6-2)9-7-8-10-15/h21H,5-11H2,1-4H3. The van der Waals surface area contributed by atoms with Gasteiger partial charge in [-0.25, -0.2) is 0 Å². The van der Waals surface area contributed by atoms with Gasteiger partial charge < -0.3 is 14.6 Å². The Bertz CT molecular complexity index is 414. The average Bonchev–Trinajstić information content (AvgIpc) is 2.92.